The number of ether oxygens (including phenoxy) is 1. The molecule has 1 aromatic carbocycles. The van der Waals surface area contributed by atoms with E-state index in [0.717, 1.165) is 11.1 Å². The lowest BCUT2D eigenvalue weighted by molar-refractivity contribution is -0.143. The number of carboxylic acid groups (broad SMARTS) is 1. The molecule has 1 aromatic heterocycles. The predicted octanol–water partition coefficient (Wildman–Crippen LogP) is 1.36. The van der Waals surface area contributed by atoms with Gasteiger partial charge in [0.15, 0.2) is 5.58 Å². The predicted molar refractivity (Wildman–Crippen MR) is 71.2 cm³/mol. The molecule has 0 aliphatic carbocycles. The number of hydrogen-bond acceptors (Lipinski definition) is 5. The average Bonchev–Trinajstić information content (AvgIpc) is 3.04. The van der Waals surface area contributed by atoms with Gasteiger partial charge in [-0.2, -0.15) is 0 Å². The van der Waals surface area contributed by atoms with Crippen molar-refractivity contribution in [1.82, 2.24) is 9.88 Å². The lowest BCUT2D eigenvalue weighted by Crippen LogP contribution is -2.40. The molecule has 6 heteroatoms. The second-order valence-electron chi connectivity index (χ2n) is 5.04. The Bertz CT molecular complexity index is 591. The molecule has 2 heterocycles. The molecule has 1 saturated heterocycles. The summed E-state index contributed by atoms with van der Waals surface area (Å²) < 4.78 is 10.9. The topological polar surface area (TPSA) is 75.8 Å². The van der Waals surface area contributed by atoms with Gasteiger partial charge in [-0.1, -0.05) is 12.1 Å². The second kappa shape index (κ2) is 5.22. The summed E-state index contributed by atoms with van der Waals surface area (Å²) in [6.45, 7) is 1.15. The Hall–Kier alpha value is -1.92. The minimum absolute atomic E-state index is 0.150. The van der Waals surface area contributed by atoms with Crippen LogP contribution in [-0.2, 0) is 16.1 Å². The zero-order valence-corrected chi connectivity index (χ0v) is 11.2. The van der Waals surface area contributed by atoms with Crippen molar-refractivity contribution in [3.05, 3.63) is 30.2 Å². The monoisotopic (exact) mass is 276 g/mol. The van der Waals surface area contributed by atoms with E-state index in [-0.39, 0.29) is 12.6 Å². The number of aromatic nitrogens is 1. The van der Waals surface area contributed by atoms with Crippen LogP contribution in [0.5, 0.6) is 0 Å². The quantitative estimate of drug-likeness (QED) is 0.908. The molecule has 1 aliphatic rings. The molecule has 1 N–H and O–H groups in total. The number of oxazole rings is 1. The molecular weight excluding hydrogens is 260 g/mol. The van der Waals surface area contributed by atoms with Crippen LogP contribution in [0.2, 0.25) is 0 Å². The van der Waals surface area contributed by atoms with Gasteiger partial charge >= 0.3 is 5.97 Å². The molecular formula is C14H16N2O4. The number of hydrogen-bond donors (Lipinski definition) is 1. The fraction of sp³-hybridized carbons (Fsp3) is 0.429. The van der Waals surface area contributed by atoms with Crippen molar-refractivity contribution >= 4 is 17.1 Å². The Labute approximate surface area is 116 Å². The first-order chi connectivity index (χ1) is 9.65. The van der Waals surface area contributed by atoms with Crippen molar-refractivity contribution in [1.29, 1.82) is 0 Å². The van der Waals surface area contributed by atoms with Crippen molar-refractivity contribution in [2.24, 2.45) is 5.92 Å². The van der Waals surface area contributed by atoms with Gasteiger partial charge in [0.1, 0.15) is 5.52 Å². The Morgan fingerprint density at radius 3 is 3.00 bits per heavy atom. The Morgan fingerprint density at radius 2 is 2.25 bits per heavy atom. The highest BCUT2D eigenvalue weighted by atomic mass is 16.5. The molecule has 2 unspecified atom stereocenters. The first-order valence-corrected chi connectivity index (χ1v) is 6.50. The van der Waals surface area contributed by atoms with Crippen LogP contribution in [0.25, 0.3) is 11.1 Å². The van der Waals surface area contributed by atoms with Crippen molar-refractivity contribution in [3.63, 3.8) is 0 Å². The van der Waals surface area contributed by atoms with E-state index < -0.39 is 11.9 Å². The van der Waals surface area contributed by atoms with Crippen LogP contribution in [-0.4, -0.2) is 47.3 Å². The number of rotatable bonds is 4. The van der Waals surface area contributed by atoms with Crippen LogP contribution in [0.15, 0.2) is 28.7 Å². The standard InChI is InChI=1S/C14H16N2O4/c1-16(11-8-19-7-9(11)14(17)18)6-13-15-10-4-2-3-5-12(10)20-13/h2-5,9,11H,6-8H2,1H3,(H,17,18). The lowest BCUT2D eigenvalue weighted by Gasteiger charge is -2.24. The first kappa shape index (κ1) is 13.1. The minimum atomic E-state index is -0.822. The molecule has 2 aromatic rings. The van der Waals surface area contributed by atoms with Gasteiger partial charge < -0.3 is 14.3 Å². The normalized spacial score (nSPS) is 22.7. The van der Waals surface area contributed by atoms with Crippen molar-refractivity contribution in [2.75, 3.05) is 20.3 Å². The SMILES string of the molecule is CN(Cc1nc2ccccc2o1)C1COCC1C(=O)O. The Morgan fingerprint density at radius 1 is 1.45 bits per heavy atom. The van der Waals surface area contributed by atoms with Gasteiger partial charge in [0.05, 0.1) is 25.7 Å². The van der Waals surface area contributed by atoms with Gasteiger partial charge in [-0.25, -0.2) is 4.98 Å². The van der Waals surface area contributed by atoms with Gasteiger partial charge in [-0.05, 0) is 19.2 Å². The number of aliphatic carboxylic acids is 1. The number of nitrogens with zero attached hydrogens (tertiary/aromatic N) is 2. The van der Waals surface area contributed by atoms with Gasteiger partial charge in [0, 0.05) is 6.04 Å². The fourth-order valence-corrected chi connectivity index (χ4v) is 2.53. The molecule has 3 rings (SSSR count). The number of carbonyl (C=O) groups is 1. The van der Waals surface area contributed by atoms with Crippen LogP contribution < -0.4 is 0 Å². The van der Waals surface area contributed by atoms with Gasteiger partial charge in [0.2, 0.25) is 5.89 Å². The van der Waals surface area contributed by atoms with Crippen LogP contribution in [0, 0.1) is 5.92 Å². The maximum atomic E-state index is 11.2. The number of carboxylic acids is 1. The van der Waals surface area contributed by atoms with Crippen molar-refractivity contribution < 1.29 is 19.1 Å². The van der Waals surface area contributed by atoms with Crippen molar-refractivity contribution in [3.8, 4) is 0 Å². The van der Waals surface area contributed by atoms with E-state index in [2.05, 4.69) is 4.98 Å². The van der Waals surface area contributed by atoms with Crippen LogP contribution in [0.4, 0.5) is 0 Å². The van der Waals surface area contributed by atoms with Gasteiger partial charge in [-0.15, -0.1) is 0 Å². The average molecular weight is 276 g/mol. The van der Waals surface area contributed by atoms with Crippen LogP contribution in [0.3, 0.4) is 0 Å². The summed E-state index contributed by atoms with van der Waals surface area (Å²) in [5, 5.41) is 9.17. The number of fused-ring (bicyclic) bond motifs is 1. The lowest BCUT2D eigenvalue weighted by atomic mass is 10.0. The highest BCUT2D eigenvalue weighted by molar-refractivity contribution is 5.72. The maximum absolute atomic E-state index is 11.2. The summed E-state index contributed by atoms with van der Waals surface area (Å²) in [7, 11) is 1.87. The van der Waals surface area contributed by atoms with Crippen LogP contribution >= 0.6 is 0 Å². The number of likely N-dealkylation sites (N-methyl/N-ethyl adjacent to an activating group) is 1. The zero-order valence-electron chi connectivity index (χ0n) is 11.2. The summed E-state index contributed by atoms with van der Waals surface area (Å²) in [5.74, 6) is -0.731. The highest BCUT2D eigenvalue weighted by Gasteiger charge is 2.36. The molecule has 106 valence electrons. The fourth-order valence-electron chi connectivity index (χ4n) is 2.53. The minimum Gasteiger partial charge on any atom is -0.481 e. The zero-order chi connectivity index (χ0) is 14.1. The van der Waals surface area contributed by atoms with E-state index >= 15 is 0 Å². The van der Waals surface area contributed by atoms with E-state index in [1.54, 1.807) is 0 Å². The smallest absolute Gasteiger partial charge is 0.310 e. The first-order valence-electron chi connectivity index (χ1n) is 6.50. The summed E-state index contributed by atoms with van der Waals surface area (Å²) in [6, 6.07) is 7.41. The van der Waals surface area contributed by atoms with E-state index in [1.807, 2.05) is 36.2 Å². The van der Waals surface area contributed by atoms with Crippen molar-refractivity contribution in [2.45, 2.75) is 12.6 Å². The molecule has 0 spiro atoms. The van der Waals surface area contributed by atoms with Gasteiger partial charge in [0.25, 0.3) is 0 Å². The molecule has 2 atom stereocenters. The summed E-state index contributed by atoms with van der Waals surface area (Å²) >= 11 is 0. The van der Waals surface area contributed by atoms with E-state index in [4.69, 9.17) is 14.3 Å². The van der Waals surface area contributed by atoms with Crippen LogP contribution in [0.1, 0.15) is 5.89 Å². The van der Waals surface area contributed by atoms with Gasteiger partial charge in [-0.3, -0.25) is 9.69 Å². The second-order valence-corrected chi connectivity index (χ2v) is 5.04. The molecule has 0 amide bonds. The third-order valence-electron chi connectivity index (χ3n) is 3.66. The molecule has 0 radical (unpaired) electrons. The number of benzene rings is 1. The number of para-hydroxylation sites is 2. The molecule has 20 heavy (non-hydrogen) atoms. The summed E-state index contributed by atoms with van der Waals surface area (Å²) in [5.41, 5.74) is 1.56. The largest absolute Gasteiger partial charge is 0.481 e. The molecule has 6 nitrogen and oxygen atoms in total. The molecule has 1 aliphatic heterocycles. The molecule has 0 saturated carbocycles. The Kier molecular flexibility index (Phi) is 3.42. The molecule has 1 fully saturated rings. The maximum Gasteiger partial charge on any atom is 0.310 e. The third kappa shape index (κ3) is 2.39. The Balaban J connectivity index is 1.75. The van der Waals surface area contributed by atoms with E-state index in [0.29, 0.717) is 19.0 Å². The van der Waals surface area contributed by atoms with E-state index in [1.165, 1.54) is 0 Å². The molecule has 0 bridgehead atoms. The van der Waals surface area contributed by atoms with E-state index in [9.17, 15) is 4.79 Å². The third-order valence-corrected chi connectivity index (χ3v) is 3.66. The summed E-state index contributed by atoms with van der Waals surface area (Å²) in [4.78, 5) is 17.5. The summed E-state index contributed by atoms with van der Waals surface area (Å²) in [6.07, 6.45) is 0. The highest BCUT2D eigenvalue weighted by Crippen LogP contribution is 2.22.